The lowest BCUT2D eigenvalue weighted by atomic mass is 10.1. The van der Waals surface area contributed by atoms with Crippen molar-refractivity contribution in [2.24, 2.45) is 10.7 Å². The number of anilines is 2. The van der Waals surface area contributed by atoms with E-state index in [1.807, 2.05) is 25.1 Å². The fourth-order valence-electron chi connectivity index (χ4n) is 3.14. The molecule has 4 rings (SSSR count). The molecule has 3 atom stereocenters. The van der Waals surface area contributed by atoms with Crippen molar-refractivity contribution in [2.75, 3.05) is 11.1 Å². The Hall–Kier alpha value is -2.34. The first-order chi connectivity index (χ1) is 12.0. The molecule has 0 spiro atoms. The normalized spacial score (nSPS) is 24.9. The van der Waals surface area contributed by atoms with E-state index in [4.69, 9.17) is 10.5 Å². The maximum absolute atomic E-state index is 12.2. The average molecular weight is 355 g/mol. The van der Waals surface area contributed by atoms with Crippen LogP contribution in [0.1, 0.15) is 29.7 Å². The molecule has 3 N–H and O–H groups in total. The van der Waals surface area contributed by atoms with E-state index < -0.39 is 10.8 Å². The quantitative estimate of drug-likeness (QED) is 0.824. The van der Waals surface area contributed by atoms with E-state index in [2.05, 4.69) is 35.4 Å². The second-order valence-corrected chi connectivity index (χ2v) is 8.39. The number of hydrogen-bond acceptors (Lipinski definition) is 5. The van der Waals surface area contributed by atoms with Crippen molar-refractivity contribution in [3.63, 3.8) is 0 Å². The van der Waals surface area contributed by atoms with Crippen LogP contribution in [0.2, 0.25) is 0 Å². The summed E-state index contributed by atoms with van der Waals surface area (Å²) in [5, 5.41) is 3.30. The van der Waals surface area contributed by atoms with Crippen LogP contribution in [0.4, 0.5) is 11.4 Å². The number of aryl methyl sites for hydroxylation is 1. The summed E-state index contributed by atoms with van der Waals surface area (Å²) in [5.41, 5.74) is 11.2. The first kappa shape index (κ1) is 16.1. The lowest BCUT2D eigenvalue weighted by Crippen LogP contribution is -2.37. The summed E-state index contributed by atoms with van der Waals surface area (Å²) in [6, 6.07) is 12.1. The highest BCUT2D eigenvalue weighted by molar-refractivity contribution is 7.86. The molecule has 0 aromatic heterocycles. The van der Waals surface area contributed by atoms with Gasteiger partial charge in [0.1, 0.15) is 18.2 Å². The highest BCUT2D eigenvalue weighted by atomic mass is 32.2. The van der Waals surface area contributed by atoms with Gasteiger partial charge >= 0.3 is 0 Å². The van der Waals surface area contributed by atoms with Gasteiger partial charge in [-0.3, -0.25) is 9.20 Å². The standard InChI is InChI=1S/C19H21N3O2S/c1-11-3-4-14-9-24-18-6-5-13(8-16(18)21-15(14)7-11)17-10-25(23)12(2)19(20)22-17/h3-8,12,17,21H,9-10H2,1-2H3,(H2,20,22). The SMILES string of the molecule is Cc1ccc2c(c1)Nc1cc(C3CS(=O)C(C)C(N)=N3)ccc1OC2. The molecule has 0 radical (unpaired) electrons. The number of amidine groups is 1. The van der Waals surface area contributed by atoms with Crippen molar-refractivity contribution < 1.29 is 8.95 Å². The largest absolute Gasteiger partial charge is 0.487 e. The van der Waals surface area contributed by atoms with E-state index in [0.717, 1.165) is 28.3 Å². The van der Waals surface area contributed by atoms with Crippen LogP contribution < -0.4 is 15.8 Å². The smallest absolute Gasteiger partial charge is 0.143 e. The second-order valence-electron chi connectivity index (χ2n) is 6.59. The van der Waals surface area contributed by atoms with Gasteiger partial charge < -0.3 is 15.8 Å². The molecule has 2 aliphatic rings. The van der Waals surface area contributed by atoms with Gasteiger partial charge in [0.15, 0.2) is 0 Å². The fourth-order valence-corrected chi connectivity index (χ4v) is 4.34. The van der Waals surface area contributed by atoms with E-state index in [9.17, 15) is 4.21 Å². The van der Waals surface area contributed by atoms with E-state index >= 15 is 0 Å². The Balaban J connectivity index is 1.70. The molecule has 0 saturated carbocycles. The molecule has 0 bridgehead atoms. The number of nitrogens with two attached hydrogens (primary N) is 1. The molecule has 2 heterocycles. The van der Waals surface area contributed by atoms with Gasteiger partial charge in [0.25, 0.3) is 0 Å². The molecule has 0 aliphatic carbocycles. The lowest BCUT2D eigenvalue weighted by Gasteiger charge is -2.23. The molecule has 5 nitrogen and oxygen atoms in total. The highest BCUT2D eigenvalue weighted by Crippen LogP contribution is 2.37. The third-order valence-electron chi connectivity index (χ3n) is 4.74. The molecule has 3 unspecified atom stereocenters. The van der Waals surface area contributed by atoms with Crippen LogP contribution in [0.3, 0.4) is 0 Å². The highest BCUT2D eigenvalue weighted by Gasteiger charge is 2.27. The molecule has 2 aliphatic heterocycles. The van der Waals surface area contributed by atoms with Crippen LogP contribution in [-0.4, -0.2) is 21.0 Å². The minimum atomic E-state index is -0.998. The zero-order chi connectivity index (χ0) is 17.6. The summed E-state index contributed by atoms with van der Waals surface area (Å²) in [5.74, 6) is 1.77. The first-order valence-corrected chi connectivity index (χ1v) is 9.73. The minimum Gasteiger partial charge on any atom is -0.487 e. The predicted molar refractivity (Wildman–Crippen MR) is 102 cm³/mol. The number of aliphatic imine (C=N–C) groups is 1. The molecule has 0 fully saturated rings. The Labute approximate surface area is 149 Å². The number of ether oxygens (including phenoxy) is 1. The topological polar surface area (TPSA) is 76.7 Å². The fraction of sp³-hybridized carbons (Fsp3) is 0.316. The molecule has 2 aromatic rings. The van der Waals surface area contributed by atoms with E-state index in [1.165, 1.54) is 5.56 Å². The summed E-state index contributed by atoms with van der Waals surface area (Å²) in [6.07, 6.45) is 0. The number of hydrogen-bond donors (Lipinski definition) is 2. The van der Waals surface area contributed by atoms with Crippen LogP contribution in [0.15, 0.2) is 41.4 Å². The number of rotatable bonds is 1. The Morgan fingerprint density at radius 2 is 2.08 bits per heavy atom. The number of nitrogens with zero attached hydrogens (tertiary/aromatic N) is 1. The number of fused-ring (bicyclic) bond motifs is 2. The van der Waals surface area contributed by atoms with Crippen LogP contribution in [0.25, 0.3) is 0 Å². The molecule has 6 heteroatoms. The van der Waals surface area contributed by atoms with Crippen LogP contribution in [-0.2, 0) is 17.4 Å². The molecular weight excluding hydrogens is 334 g/mol. The summed E-state index contributed by atoms with van der Waals surface area (Å²) < 4.78 is 18.2. The molecule has 2 aromatic carbocycles. The first-order valence-electron chi connectivity index (χ1n) is 8.35. The molecule has 0 amide bonds. The van der Waals surface area contributed by atoms with Gasteiger partial charge in [-0.1, -0.05) is 18.2 Å². The zero-order valence-corrected chi connectivity index (χ0v) is 15.1. The molecule has 25 heavy (non-hydrogen) atoms. The van der Waals surface area contributed by atoms with E-state index in [-0.39, 0.29) is 11.3 Å². The van der Waals surface area contributed by atoms with Crippen molar-refractivity contribution in [3.05, 3.63) is 53.1 Å². The van der Waals surface area contributed by atoms with Gasteiger partial charge in [0.05, 0.1) is 22.7 Å². The van der Waals surface area contributed by atoms with Gasteiger partial charge in [0, 0.05) is 22.1 Å². The number of benzene rings is 2. The van der Waals surface area contributed by atoms with Crippen LogP contribution in [0.5, 0.6) is 5.75 Å². The van der Waals surface area contributed by atoms with Crippen LogP contribution >= 0.6 is 0 Å². The molecular formula is C19H21N3O2S. The Morgan fingerprint density at radius 3 is 2.88 bits per heavy atom. The second kappa shape index (κ2) is 6.19. The third kappa shape index (κ3) is 3.02. The number of nitrogens with one attached hydrogen (secondary N) is 1. The van der Waals surface area contributed by atoms with Gasteiger partial charge in [-0.2, -0.15) is 0 Å². The third-order valence-corrected chi connectivity index (χ3v) is 6.42. The van der Waals surface area contributed by atoms with Gasteiger partial charge in [0.2, 0.25) is 0 Å². The maximum Gasteiger partial charge on any atom is 0.143 e. The van der Waals surface area contributed by atoms with E-state index in [1.54, 1.807) is 0 Å². The van der Waals surface area contributed by atoms with Crippen molar-refractivity contribution >= 4 is 28.0 Å². The summed E-state index contributed by atoms with van der Waals surface area (Å²) >= 11 is 0. The Morgan fingerprint density at radius 1 is 1.24 bits per heavy atom. The van der Waals surface area contributed by atoms with Crippen LogP contribution in [0, 0.1) is 6.92 Å². The summed E-state index contributed by atoms with van der Waals surface area (Å²) in [7, 11) is -0.998. The Kier molecular flexibility index (Phi) is 4.00. The molecule has 130 valence electrons. The van der Waals surface area contributed by atoms with Gasteiger partial charge in [-0.25, -0.2) is 0 Å². The average Bonchev–Trinajstić information content (AvgIpc) is 2.77. The lowest BCUT2D eigenvalue weighted by molar-refractivity contribution is 0.310. The van der Waals surface area contributed by atoms with Crippen molar-refractivity contribution in [3.8, 4) is 5.75 Å². The maximum atomic E-state index is 12.2. The predicted octanol–water partition coefficient (Wildman–Crippen LogP) is 3.18. The zero-order valence-electron chi connectivity index (χ0n) is 14.3. The van der Waals surface area contributed by atoms with Crippen molar-refractivity contribution in [1.82, 2.24) is 0 Å². The Bertz CT molecular complexity index is 894. The van der Waals surface area contributed by atoms with Crippen molar-refractivity contribution in [2.45, 2.75) is 31.7 Å². The summed E-state index contributed by atoms with van der Waals surface area (Å²) in [6.45, 7) is 4.46. The van der Waals surface area contributed by atoms with Gasteiger partial charge in [-0.15, -0.1) is 0 Å². The van der Waals surface area contributed by atoms with Gasteiger partial charge in [-0.05, 0) is 43.2 Å². The minimum absolute atomic E-state index is 0.173. The summed E-state index contributed by atoms with van der Waals surface area (Å²) in [4.78, 5) is 4.55. The van der Waals surface area contributed by atoms with Crippen molar-refractivity contribution in [1.29, 1.82) is 0 Å². The monoisotopic (exact) mass is 355 g/mol. The van der Waals surface area contributed by atoms with E-state index in [0.29, 0.717) is 18.2 Å². The molecule has 0 saturated heterocycles.